The summed E-state index contributed by atoms with van der Waals surface area (Å²) in [6.07, 6.45) is 1.65. The molecular formula is C17H19F2N3O5. The fourth-order valence-electron chi connectivity index (χ4n) is 2.17. The van der Waals surface area contributed by atoms with Gasteiger partial charge in [0.2, 0.25) is 5.89 Å². The molecule has 0 saturated heterocycles. The highest BCUT2D eigenvalue weighted by molar-refractivity contribution is 5.89. The largest absolute Gasteiger partial charge is 0.464 e. The van der Waals surface area contributed by atoms with Gasteiger partial charge in [-0.1, -0.05) is 0 Å². The number of oxazole rings is 1. The lowest BCUT2D eigenvalue weighted by molar-refractivity contribution is 0.0594. The summed E-state index contributed by atoms with van der Waals surface area (Å²) in [5, 5.41) is 2.48. The first-order valence-corrected chi connectivity index (χ1v) is 7.97. The predicted octanol–water partition coefficient (Wildman–Crippen LogP) is 2.81. The molecule has 0 unspecified atom stereocenters. The van der Waals surface area contributed by atoms with Crippen LogP contribution in [0, 0.1) is 11.6 Å². The number of methoxy groups -OCH3 is 2. The van der Waals surface area contributed by atoms with Crippen LogP contribution in [0.1, 0.15) is 22.8 Å². The average molecular weight is 383 g/mol. The molecule has 8 nitrogen and oxygen atoms in total. The molecule has 1 aromatic carbocycles. The van der Waals surface area contributed by atoms with Gasteiger partial charge in [-0.2, -0.15) is 0 Å². The van der Waals surface area contributed by atoms with E-state index in [0.717, 1.165) is 18.4 Å². The fourth-order valence-corrected chi connectivity index (χ4v) is 2.17. The van der Waals surface area contributed by atoms with Crippen molar-refractivity contribution in [1.82, 2.24) is 9.88 Å². The SMILES string of the molecule is COCCCN(Cc1nc(C(=O)OC)co1)C(=O)Nc1ccc(F)c(F)c1. The van der Waals surface area contributed by atoms with Gasteiger partial charge in [-0.15, -0.1) is 0 Å². The molecule has 0 saturated carbocycles. The van der Waals surface area contributed by atoms with Gasteiger partial charge in [-0.05, 0) is 18.6 Å². The summed E-state index contributed by atoms with van der Waals surface area (Å²) in [6.45, 7) is 0.642. The third kappa shape index (κ3) is 5.74. The molecule has 1 N–H and O–H groups in total. The van der Waals surface area contributed by atoms with E-state index in [0.29, 0.717) is 13.0 Å². The van der Waals surface area contributed by atoms with Crippen LogP contribution >= 0.6 is 0 Å². The van der Waals surface area contributed by atoms with E-state index in [2.05, 4.69) is 15.0 Å². The lowest BCUT2D eigenvalue weighted by atomic mass is 10.3. The third-order valence-electron chi connectivity index (χ3n) is 3.51. The van der Waals surface area contributed by atoms with E-state index >= 15 is 0 Å². The topological polar surface area (TPSA) is 93.9 Å². The van der Waals surface area contributed by atoms with E-state index in [1.165, 1.54) is 25.2 Å². The number of anilines is 1. The van der Waals surface area contributed by atoms with Gasteiger partial charge >= 0.3 is 12.0 Å². The normalized spacial score (nSPS) is 10.5. The lowest BCUT2D eigenvalue weighted by Crippen LogP contribution is -2.35. The first-order valence-electron chi connectivity index (χ1n) is 7.97. The number of benzene rings is 1. The maximum Gasteiger partial charge on any atom is 0.360 e. The molecule has 2 amide bonds. The Labute approximate surface area is 154 Å². The van der Waals surface area contributed by atoms with Crippen LogP contribution in [0.15, 0.2) is 28.9 Å². The minimum absolute atomic E-state index is 0.0228. The van der Waals surface area contributed by atoms with Crippen molar-refractivity contribution in [3.63, 3.8) is 0 Å². The number of esters is 1. The number of carbonyl (C=O) groups is 2. The number of amides is 2. The number of hydrogen-bond acceptors (Lipinski definition) is 6. The van der Waals surface area contributed by atoms with Crippen LogP contribution in [-0.2, 0) is 16.0 Å². The van der Waals surface area contributed by atoms with Crippen LogP contribution in [0.25, 0.3) is 0 Å². The number of nitrogens with zero attached hydrogens (tertiary/aromatic N) is 2. The highest BCUT2D eigenvalue weighted by Crippen LogP contribution is 2.15. The second-order valence-electron chi connectivity index (χ2n) is 5.45. The summed E-state index contributed by atoms with van der Waals surface area (Å²) in [5.41, 5.74) is 0.0728. The number of rotatable bonds is 8. The van der Waals surface area contributed by atoms with Crippen molar-refractivity contribution in [2.24, 2.45) is 0 Å². The van der Waals surface area contributed by atoms with Crippen molar-refractivity contribution in [2.45, 2.75) is 13.0 Å². The Kier molecular flexibility index (Phi) is 7.24. The molecule has 0 radical (unpaired) electrons. The first kappa shape index (κ1) is 20.3. The molecule has 1 aromatic heterocycles. The summed E-state index contributed by atoms with van der Waals surface area (Å²) in [7, 11) is 2.74. The number of ether oxygens (including phenoxy) is 2. The first-order chi connectivity index (χ1) is 12.9. The molecule has 0 fully saturated rings. The van der Waals surface area contributed by atoms with Crippen molar-refractivity contribution >= 4 is 17.7 Å². The molecule has 10 heteroatoms. The molecule has 2 aromatic rings. The van der Waals surface area contributed by atoms with Crippen LogP contribution in [0.2, 0.25) is 0 Å². The Balaban J connectivity index is 2.09. The Bertz CT molecular complexity index is 797. The van der Waals surface area contributed by atoms with Crippen LogP contribution in [0.3, 0.4) is 0 Å². The van der Waals surface area contributed by atoms with Gasteiger partial charge in [0.05, 0.1) is 13.7 Å². The number of urea groups is 1. The van der Waals surface area contributed by atoms with E-state index in [-0.39, 0.29) is 30.4 Å². The number of halogens is 2. The third-order valence-corrected chi connectivity index (χ3v) is 3.51. The maximum absolute atomic E-state index is 13.3. The van der Waals surface area contributed by atoms with Crippen molar-refractivity contribution in [3.05, 3.63) is 47.7 Å². The molecule has 0 aliphatic carbocycles. The Morgan fingerprint density at radius 1 is 1.26 bits per heavy atom. The second kappa shape index (κ2) is 9.62. The number of nitrogens with one attached hydrogen (secondary N) is 1. The highest BCUT2D eigenvalue weighted by atomic mass is 19.2. The maximum atomic E-state index is 13.3. The standard InChI is InChI=1S/C17H19F2N3O5/c1-25-7-3-6-22(9-15-21-14(10-27-15)16(23)26-2)17(24)20-11-4-5-12(18)13(19)8-11/h4-5,8,10H,3,6-7,9H2,1-2H3,(H,20,24). The minimum Gasteiger partial charge on any atom is -0.464 e. The zero-order valence-electron chi connectivity index (χ0n) is 14.8. The zero-order valence-corrected chi connectivity index (χ0v) is 14.8. The van der Waals surface area contributed by atoms with E-state index in [9.17, 15) is 18.4 Å². The molecule has 146 valence electrons. The van der Waals surface area contributed by atoms with Crippen molar-refractivity contribution in [1.29, 1.82) is 0 Å². The van der Waals surface area contributed by atoms with Crippen LogP contribution in [0.4, 0.5) is 19.3 Å². The van der Waals surface area contributed by atoms with E-state index in [4.69, 9.17) is 9.15 Å². The molecule has 0 bridgehead atoms. The molecule has 0 aliphatic rings. The van der Waals surface area contributed by atoms with Gasteiger partial charge < -0.3 is 24.1 Å². The highest BCUT2D eigenvalue weighted by Gasteiger charge is 2.19. The lowest BCUT2D eigenvalue weighted by Gasteiger charge is -2.21. The molecule has 1 heterocycles. The van der Waals surface area contributed by atoms with Gasteiger partial charge in [-0.3, -0.25) is 0 Å². The van der Waals surface area contributed by atoms with E-state index in [1.807, 2.05) is 0 Å². The molecule has 0 aliphatic heterocycles. The average Bonchev–Trinajstić information content (AvgIpc) is 3.12. The van der Waals surface area contributed by atoms with Gasteiger partial charge in [0.15, 0.2) is 17.3 Å². The summed E-state index contributed by atoms with van der Waals surface area (Å²) in [5.74, 6) is -2.63. The summed E-state index contributed by atoms with van der Waals surface area (Å²) in [4.78, 5) is 29.2. The Hall–Kier alpha value is -3.01. The Morgan fingerprint density at radius 3 is 2.70 bits per heavy atom. The number of hydrogen-bond donors (Lipinski definition) is 1. The van der Waals surface area contributed by atoms with Gasteiger partial charge in [0.1, 0.15) is 6.26 Å². The molecular weight excluding hydrogens is 364 g/mol. The van der Waals surface area contributed by atoms with Gasteiger partial charge in [0.25, 0.3) is 0 Å². The van der Waals surface area contributed by atoms with Gasteiger partial charge in [-0.25, -0.2) is 23.4 Å². The van der Waals surface area contributed by atoms with Crippen LogP contribution < -0.4 is 5.32 Å². The molecule has 2 rings (SSSR count). The van der Waals surface area contributed by atoms with Crippen LogP contribution in [-0.4, -0.2) is 49.3 Å². The van der Waals surface area contributed by atoms with Crippen LogP contribution in [0.5, 0.6) is 0 Å². The molecule has 0 atom stereocenters. The second-order valence-corrected chi connectivity index (χ2v) is 5.45. The van der Waals surface area contributed by atoms with Crippen molar-refractivity contribution in [2.75, 3.05) is 32.7 Å². The van der Waals surface area contributed by atoms with Crippen molar-refractivity contribution in [3.8, 4) is 0 Å². The van der Waals surface area contributed by atoms with Gasteiger partial charge in [0, 0.05) is 32.0 Å². The van der Waals surface area contributed by atoms with E-state index < -0.39 is 23.6 Å². The number of aromatic nitrogens is 1. The fraction of sp³-hybridized carbons (Fsp3) is 0.353. The summed E-state index contributed by atoms with van der Waals surface area (Å²) in [6, 6.07) is 2.46. The molecule has 27 heavy (non-hydrogen) atoms. The Morgan fingerprint density at radius 2 is 2.04 bits per heavy atom. The predicted molar refractivity (Wildman–Crippen MR) is 90.1 cm³/mol. The molecule has 0 spiro atoms. The quantitative estimate of drug-likeness (QED) is 0.557. The summed E-state index contributed by atoms with van der Waals surface area (Å²) >= 11 is 0. The van der Waals surface area contributed by atoms with E-state index in [1.54, 1.807) is 0 Å². The zero-order chi connectivity index (χ0) is 19.8. The smallest absolute Gasteiger partial charge is 0.360 e. The summed E-state index contributed by atoms with van der Waals surface area (Å²) < 4.78 is 41.0. The monoisotopic (exact) mass is 383 g/mol. The number of carbonyl (C=O) groups excluding carboxylic acids is 2. The minimum atomic E-state index is -1.07. The van der Waals surface area contributed by atoms with Crippen molar-refractivity contribution < 1.29 is 32.3 Å².